The predicted octanol–water partition coefficient (Wildman–Crippen LogP) is 2.33. The van der Waals surface area contributed by atoms with E-state index in [4.69, 9.17) is 9.47 Å². The lowest BCUT2D eigenvalue weighted by Crippen LogP contribution is -2.18. The third-order valence-corrected chi connectivity index (χ3v) is 3.68. The third-order valence-electron chi connectivity index (χ3n) is 3.68. The molecule has 2 aromatic rings. The SMILES string of the molecule is CNC(c1ccc2c(c1)CCO2)c1ccncc1OC. The number of hydrogen-bond donors (Lipinski definition) is 1. The first kappa shape index (κ1) is 12.9. The van der Waals surface area contributed by atoms with E-state index in [1.54, 1.807) is 19.5 Å². The number of pyridine rings is 1. The average molecular weight is 270 g/mol. The van der Waals surface area contributed by atoms with Crippen LogP contribution in [0, 0.1) is 0 Å². The average Bonchev–Trinajstić information content (AvgIpc) is 2.96. The van der Waals surface area contributed by atoms with Crippen molar-refractivity contribution in [2.45, 2.75) is 12.5 Å². The second-order valence-corrected chi connectivity index (χ2v) is 4.80. The van der Waals surface area contributed by atoms with Gasteiger partial charge < -0.3 is 14.8 Å². The maximum atomic E-state index is 5.56. The van der Waals surface area contributed by atoms with E-state index in [9.17, 15) is 0 Å². The quantitative estimate of drug-likeness (QED) is 0.926. The number of rotatable bonds is 4. The number of methoxy groups -OCH3 is 1. The Morgan fingerprint density at radius 3 is 3.05 bits per heavy atom. The zero-order chi connectivity index (χ0) is 13.9. The lowest BCUT2D eigenvalue weighted by Gasteiger charge is -2.20. The molecule has 1 aromatic heterocycles. The van der Waals surface area contributed by atoms with Crippen molar-refractivity contribution in [3.8, 4) is 11.5 Å². The molecule has 0 amide bonds. The van der Waals surface area contributed by atoms with Crippen molar-refractivity contribution in [3.63, 3.8) is 0 Å². The van der Waals surface area contributed by atoms with Crippen molar-refractivity contribution in [2.75, 3.05) is 20.8 Å². The number of aromatic nitrogens is 1. The summed E-state index contributed by atoms with van der Waals surface area (Å²) < 4.78 is 11.0. The number of nitrogens with one attached hydrogen (secondary N) is 1. The van der Waals surface area contributed by atoms with Gasteiger partial charge in [0.05, 0.1) is 26.0 Å². The molecule has 1 unspecified atom stereocenters. The summed E-state index contributed by atoms with van der Waals surface area (Å²) in [4.78, 5) is 4.11. The minimum atomic E-state index is 0.0823. The van der Waals surface area contributed by atoms with Crippen LogP contribution in [0.15, 0.2) is 36.7 Å². The summed E-state index contributed by atoms with van der Waals surface area (Å²) in [6, 6.07) is 8.44. The van der Waals surface area contributed by atoms with Crippen LogP contribution >= 0.6 is 0 Å². The highest BCUT2D eigenvalue weighted by molar-refractivity contribution is 5.45. The van der Waals surface area contributed by atoms with Gasteiger partial charge in [-0.3, -0.25) is 4.98 Å². The fourth-order valence-corrected chi connectivity index (χ4v) is 2.69. The predicted molar refractivity (Wildman–Crippen MR) is 77.3 cm³/mol. The Morgan fingerprint density at radius 1 is 1.35 bits per heavy atom. The van der Waals surface area contributed by atoms with Crippen LogP contribution in [-0.4, -0.2) is 25.7 Å². The van der Waals surface area contributed by atoms with Gasteiger partial charge in [0.15, 0.2) is 0 Å². The molecule has 0 saturated carbocycles. The topological polar surface area (TPSA) is 43.4 Å². The molecule has 0 radical (unpaired) electrons. The Balaban J connectivity index is 2.01. The van der Waals surface area contributed by atoms with Crippen LogP contribution < -0.4 is 14.8 Å². The van der Waals surface area contributed by atoms with E-state index in [1.807, 2.05) is 13.1 Å². The lowest BCUT2D eigenvalue weighted by atomic mass is 9.96. The minimum Gasteiger partial charge on any atom is -0.495 e. The molecule has 1 aromatic carbocycles. The minimum absolute atomic E-state index is 0.0823. The first-order valence-corrected chi connectivity index (χ1v) is 6.74. The van der Waals surface area contributed by atoms with E-state index in [2.05, 4.69) is 28.5 Å². The summed E-state index contributed by atoms with van der Waals surface area (Å²) in [5, 5.41) is 3.35. The molecule has 2 heterocycles. The summed E-state index contributed by atoms with van der Waals surface area (Å²) in [6.07, 6.45) is 4.52. The summed E-state index contributed by atoms with van der Waals surface area (Å²) in [7, 11) is 3.62. The van der Waals surface area contributed by atoms with Crippen molar-refractivity contribution in [2.24, 2.45) is 0 Å². The van der Waals surface area contributed by atoms with Crippen molar-refractivity contribution >= 4 is 0 Å². The van der Waals surface area contributed by atoms with Gasteiger partial charge in [0.1, 0.15) is 11.5 Å². The van der Waals surface area contributed by atoms with E-state index in [0.717, 1.165) is 30.1 Å². The fourth-order valence-electron chi connectivity index (χ4n) is 2.69. The number of hydrogen-bond acceptors (Lipinski definition) is 4. The monoisotopic (exact) mass is 270 g/mol. The van der Waals surface area contributed by atoms with Gasteiger partial charge in [0.2, 0.25) is 0 Å². The molecule has 1 atom stereocenters. The highest BCUT2D eigenvalue weighted by atomic mass is 16.5. The van der Waals surface area contributed by atoms with Crippen molar-refractivity contribution in [3.05, 3.63) is 53.3 Å². The molecule has 1 N–H and O–H groups in total. The normalized spacial score (nSPS) is 14.5. The lowest BCUT2D eigenvalue weighted by molar-refractivity contribution is 0.357. The van der Waals surface area contributed by atoms with Crippen LogP contribution in [0.25, 0.3) is 0 Å². The van der Waals surface area contributed by atoms with E-state index >= 15 is 0 Å². The molecule has 20 heavy (non-hydrogen) atoms. The Bertz CT molecular complexity index is 613. The molecule has 104 valence electrons. The van der Waals surface area contributed by atoms with Gasteiger partial charge in [-0.1, -0.05) is 12.1 Å². The van der Waals surface area contributed by atoms with Crippen LogP contribution in [0.3, 0.4) is 0 Å². The number of nitrogens with zero attached hydrogens (tertiary/aromatic N) is 1. The van der Waals surface area contributed by atoms with E-state index in [1.165, 1.54) is 11.1 Å². The van der Waals surface area contributed by atoms with Gasteiger partial charge in [0, 0.05) is 18.2 Å². The Labute approximate surface area is 118 Å². The zero-order valence-corrected chi connectivity index (χ0v) is 11.7. The highest BCUT2D eigenvalue weighted by Gasteiger charge is 2.19. The van der Waals surface area contributed by atoms with Crippen LogP contribution in [0.2, 0.25) is 0 Å². The molecule has 0 spiro atoms. The van der Waals surface area contributed by atoms with E-state index in [0.29, 0.717) is 0 Å². The van der Waals surface area contributed by atoms with Gasteiger partial charge in [-0.15, -0.1) is 0 Å². The molecule has 3 rings (SSSR count). The second kappa shape index (κ2) is 5.51. The third kappa shape index (κ3) is 2.23. The van der Waals surface area contributed by atoms with Gasteiger partial charge in [0.25, 0.3) is 0 Å². The van der Waals surface area contributed by atoms with Gasteiger partial charge in [-0.25, -0.2) is 0 Å². The molecule has 4 heteroatoms. The molecular formula is C16H18N2O2. The largest absolute Gasteiger partial charge is 0.495 e. The first-order chi connectivity index (χ1) is 9.83. The van der Waals surface area contributed by atoms with Gasteiger partial charge in [-0.2, -0.15) is 0 Å². The molecule has 0 fully saturated rings. The van der Waals surface area contributed by atoms with Crippen molar-refractivity contribution in [1.29, 1.82) is 0 Å². The Hall–Kier alpha value is -2.07. The molecule has 1 aliphatic rings. The van der Waals surface area contributed by atoms with Crippen molar-refractivity contribution in [1.82, 2.24) is 10.3 Å². The molecule has 0 saturated heterocycles. The van der Waals surface area contributed by atoms with Crippen LogP contribution in [0.1, 0.15) is 22.7 Å². The maximum absolute atomic E-state index is 5.56. The standard InChI is InChI=1S/C16H18N2O2/c1-17-16(13-5-7-18-10-15(13)19-2)12-3-4-14-11(9-12)6-8-20-14/h3-5,7,9-10,16-17H,6,8H2,1-2H3. The van der Waals surface area contributed by atoms with E-state index in [-0.39, 0.29) is 6.04 Å². The Morgan fingerprint density at radius 2 is 2.25 bits per heavy atom. The van der Waals surface area contributed by atoms with Crippen LogP contribution in [-0.2, 0) is 6.42 Å². The van der Waals surface area contributed by atoms with Gasteiger partial charge in [-0.05, 0) is 30.3 Å². The molecule has 4 nitrogen and oxygen atoms in total. The maximum Gasteiger partial charge on any atom is 0.142 e. The molecule has 0 bridgehead atoms. The smallest absolute Gasteiger partial charge is 0.142 e. The summed E-state index contributed by atoms with van der Waals surface area (Å²) in [5.74, 6) is 1.80. The fraction of sp³-hybridized carbons (Fsp3) is 0.312. The summed E-state index contributed by atoms with van der Waals surface area (Å²) >= 11 is 0. The molecule has 1 aliphatic heterocycles. The van der Waals surface area contributed by atoms with Gasteiger partial charge >= 0.3 is 0 Å². The molecular weight excluding hydrogens is 252 g/mol. The van der Waals surface area contributed by atoms with Crippen LogP contribution in [0.4, 0.5) is 0 Å². The second-order valence-electron chi connectivity index (χ2n) is 4.80. The molecule has 0 aliphatic carbocycles. The van der Waals surface area contributed by atoms with Crippen molar-refractivity contribution < 1.29 is 9.47 Å². The Kier molecular flexibility index (Phi) is 3.56. The van der Waals surface area contributed by atoms with E-state index < -0.39 is 0 Å². The first-order valence-electron chi connectivity index (χ1n) is 6.74. The summed E-state index contributed by atoms with van der Waals surface area (Å²) in [5.41, 5.74) is 3.57. The summed E-state index contributed by atoms with van der Waals surface area (Å²) in [6.45, 7) is 0.779. The number of benzene rings is 1. The van der Waals surface area contributed by atoms with Crippen LogP contribution in [0.5, 0.6) is 11.5 Å². The number of ether oxygens (including phenoxy) is 2. The zero-order valence-electron chi connectivity index (χ0n) is 11.7. The highest BCUT2D eigenvalue weighted by Crippen LogP contribution is 2.33. The number of fused-ring (bicyclic) bond motifs is 1.